The van der Waals surface area contributed by atoms with Gasteiger partial charge in [0.2, 0.25) is 0 Å². The summed E-state index contributed by atoms with van der Waals surface area (Å²) in [6.45, 7) is 7.12. The third kappa shape index (κ3) is 1.38. The summed E-state index contributed by atoms with van der Waals surface area (Å²) in [5.74, 6) is 0. The van der Waals surface area contributed by atoms with E-state index in [0.29, 0.717) is 12.6 Å². The molecule has 2 N–H and O–H groups in total. The van der Waals surface area contributed by atoms with Crippen LogP contribution in [0.3, 0.4) is 0 Å². The molecule has 2 aliphatic rings. The lowest BCUT2D eigenvalue weighted by Crippen LogP contribution is -2.53. The Hall–Kier alpha value is -0.770. The van der Waals surface area contributed by atoms with Crippen LogP contribution in [-0.4, -0.2) is 35.7 Å². The Kier molecular flexibility index (Phi) is 1.83. The SMILES string of the molecule is CC(C)(C)OC(=O)N1CC2(CN)CC12. The number of hydrogen-bond donors (Lipinski definition) is 1. The van der Waals surface area contributed by atoms with Crippen molar-refractivity contribution < 1.29 is 9.53 Å². The van der Waals surface area contributed by atoms with E-state index in [4.69, 9.17) is 10.5 Å². The van der Waals surface area contributed by atoms with Crippen molar-refractivity contribution in [3.63, 3.8) is 0 Å². The van der Waals surface area contributed by atoms with Crippen LogP contribution in [0.4, 0.5) is 4.79 Å². The summed E-state index contributed by atoms with van der Waals surface area (Å²) in [6.07, 6.45) is 0.868. The Labute approximate surface area is 84.4 Å². The minimum atomic E-state index is -0.396. The largest absolute Gasteiger partial charge is 0.444 e. The molecule has 0 aromatic rings. The first-order valence-corrected chi connectivity index (χ1v) is 5.08. The van der Waals surface area contributed by atoms with Gasteiger partial charge in [0.1, 0.15) is 5.60 Å². The molecule has 0 aromatic carbocycles. The number of nitrogens with zero attached hydrogens (tertiary/aromatic N) is 1. The van der Waals surface area contributed by atoms with E-state index < -0.39 is 5.60 Å². The van der Waals surface area contributed by atoms with E-state index in [1.807, 2.05) is 20.8 Å². The van der Waals surface area contributed by atoms with Crippen LogP contribution in [0.2, 0.25) is 0 Å². The van der Waals surface area contributed by atoms with E-state index in [0.717, 1.165) is 13.0 Å². The fourth-order valence-corrected chi connectivity index (χ4v) is 2.07. The predicted molar refractivity (Wildman–Crippen MR) is 52.8 cm³/mol. The maximum Gasteiger partial charge on any atom is 0.410 e. The van der Waals surface area contributed by atoms with Gasteiger partial charge in [0.15, 0.2) is 0 Å². The van der Waals surface area contributed by atoms with Gasteiger partial charge in [-0.25, -0.2) is 4.79 Å². The van der Waals surface area contributed by atoms with Crippen LogP contribution in [0.5, 0.6) is 0 Å². The molecule has 4 nitrogen and oxygen atoms in total. The summed E-state index contributed by atoms with van der Waals surface area (Å²) in [5, 5.41) is 0. The third-order valence-corrected chi connectivity index (χ3v) is 3.04. The molecule has 0 spiro atoms. The van der Waals surface area contributed by atoms with Gasteiger partial charge in [-0.15, -0.1) is 0 Å². The molecule has 1 aliphatic heterocycles. The van der Waals surface area contributed by atoms with Gasteiger partial charge in [-0.1, -0.05) is 0 Å². The van der Waals surface area contributed by atoms with Gasteiger partial charge in [0.05, 0.1) is 0 Å². The van der Waals surface area contributed by atoms with E-state index in [-0.39, 0.29) is 11.5 Å². The van der Waals surface area contributed by atoms with E-state index in [2.05, 4.69) is 0 Å². The Morgan fingerprint density at radius 1 is 1.64 bits per heavy atom. The van der Waals surface area contributed by atoms with Crippen molar-refractivity contribution in [3.05, 3.63) is 0 Å². The molecule has 1 aliphatic carbocycles. The molecule has 0 aromatic heterocycles. The lowest BCUT2D eigenvalue weighted by molar-refractivity contribution is -0.000524. The van der Waals surface area contributed by atoms with Gasteiger partial charge in [0, 0.05) is 24.5 Å². The highest BCUT2D eigenvalue weighted by Crippen LogP contribution is 2.58. The standard InChI is InChI=1S/C10H18N2O2/c1-9(2,3)14-8(13)12-6-10(5-11)4-7(10)12/h7H,4-6,11H2,1-3H3. The molecule has 1 saturated carbocycles. The zero-order valence-electron chi connectivity index (χ0n) is 9.04. The van der Waals surface area contributed by atoms with E-state index >= 15 is 0 Å². The molecule has 2 atom stereocenters. The summed E-state index contributed by atoms with van der Waals surface area (Å²) < 4.78 is 5.27. The molecule has 4 heteroatoms. The number of rotatable bonds is 1. The van der Waals surface area contributed by atoms with Crippen LogP contribution in [0.25, 0.3) is 0 Å². The number of carbonyl (C=O) groups is 1. The van der Waals surface area contributed by atoms with Gasteiger partial charge < -0.3 is 15.4 Å². The normalized spacial score (nSPS) is 34.6. The molecule has 0 radical (unpaired) electrons. The van der Waals surface area contributed by atoms with Gasteiger partial charge in [0.25, 0.3) is 0 Å². The fraction of sp³-hybridized carbons (Fsp3) is 0.900. The van der Waals surface area contributed by atoms with Crippen molar-refractivity contribution in [1.29, 1.82) is 0 Å². The summed E-state index contributed by atoms with van der Waals surface area (Å²) >= 11 is 0. The smallest absolute Gasteiger partial charge is 0.410 e. The summed E-state index contributed by atoms with van der Waals surface area (Å²) in [6, 6.07) is 0.363. The van der Waals surface area contributed by atoms with Crippen LogP contribution < -0.4 is 5.73 Å². The maximum atomic E-state index is 11.6. The zero-order chi connectivity index (χ0) is 10.6. The van der Waals surface area contributed by atoms with E-state index in [1.165, 1.54) is 0 Å². The Bertz CT molecular complexity index is 272. The lowest BCUT2D eigenvalue weighted by Gasteiger charge is -2.38. The minimum absolute atomic E-state index is 0.191. The first-order chi connectivity index (χ1) is 6.38. The third-order valence-electron chi connectivity index (χ3n) is 3.04. The van der Waals surface area contributed by atoms with Gasteiger partial charge in [-0.2, -0.15) is 0 Å². The first kappa shape index (κ1) is 9.77. The van der Waals surface area contributed by atoms with Crippen molar-refractivity contribution in [2.45, 2.75) is 38.8 Å². The maximum absolute atomic E-state index is 11.6. The van der Waals surface area contributed by atoms with Crippen LogP contribution in [-0.2, 0) is 4.74 Å². The highest BCUT2D eigenvalue weighted by molar-refractivity contribution is 5.71. The van der Waals surface area contributed by atoms with Crippen LogP contribution in [0.1, 0.15) is 27.2 Å². The van der Waals surface area contributed by atoms with Crippen LogP contribution >= 0.6 is 0 Å². The number of likely N-dealkylation sites (tertiary alicyclic amines) is 1. The Balaban J connectivity index is 1.86. The number of ether oxygens (including phenoxy) is 1. The average molecular weight is 198 g/mol. The second kappa shape index (κ2) is 2.63. The summed E-state index contributed by atoms with van der Waals surface area (Å²) in [4.78, 5) is 13.4. The van der Waals surface area contributed by atoms with Crippen molar-refractivity contribution >= 4 is 6.09 Å². The number of amides is 1. The second-order valence-corrected chi connectivity index (χ2v) is 5.39. The van der Waals surface area contributed by atoms with Gasteiger partial charge in [-0.05, 0) is 27.2 Å². The topological polar surface area (TPSA) is 55.6 Å². The lowest BCUT2D eigenvalue weighted by atomic mass is 9.99. The Morgan fingerprint density at radius 3 is 2.64 bits per heavy atom. The average Bonchev–Trinajstić information content (AvgIpc) is 2.53. The van der Waals surface area contributed by atoms with Crippen LogP contribution in [0.15, 0.2) is 0 Å². The van der Waals surface area contributed by atoms with Crippen LogP contribution in [0, 0.1) is 5.41 Å². The molecule has 80 valence electrons. The van der Waals surface area contributed by atoms with Crippen molar-refractivity contribution in [1.82, 2.24) is 4.90 Å². The number of nitrogens with two attached hydrogens (primary N) is 1. The first-order valence-electron chi connectivity index (χ1n) is 5.08. The molecule has 1 amide bonds. The molecule has 0 bridgehead atoms. The van der Waals surface area contributed by atoms with Crippen molar-refractivity contribution in [2.24, 2.45) is 11.1 Å². The second-order valence-electron chi connectivity index (χ2n) is 5.39. The van der Waals surface area contributed by atoms with Gasteiger partial charge >= 0.3 is 6.09 Å². The Morgan fingerprint density at radius 2 is 2.29 bits per heavy atom. The van der Waals surface area contributed by atoms with E-state index in [9.17, 15) is 4.79 Å². The monoisotopic (exact) mass is 198 g/mol. The van der Waals surface area contributed by atoms with Gasteiger partial charge in [-0.3, -0.25) is 0 Å². The number of fused-ring (bicyclic) bond motifs is 1. The molecule has 2 unspecified atom stereocenters. The summed E-state index contributed by atoms with van der Waals surface area (Å²) in [7, 11) is 0. The van der Waals surface area contributed by atoms with E-state index in [1.54, 1.807) is 4.90 Å². The van der Waals surface area contributed by atoms with Crippen molar-refractivity contribution in [3.8, 4) is 0 Å². The highest BCUT2D eigenvalue weighted by atomic mass is 16.6. The molecular formula is C10H18N2O2. The molecule has 14 heavy (non-hydrogen) atoms. The zero-order valence-corrected chi connectivity index (χ0v) is 9.04. The minimum Gasteiger partial charge on any atom is -0.444 e. The molecule has 1 heterocycles. The quantitative estimate of drug-likeness (QED) is 0.682. The fourth-order valence-electron chi connectivity index (χ4n) is 2.07. The summed E-state index contributed by atoms with van der Waals surface area (Å²) in [5.41, 5.74) is 5.49. The predicted octanol–water partition coefficient (Wildman–Crippen LogP) is 0.955. The molecular weight excluding hydrogens is 180 g/mol. The number of carbonyl (C=O) groups excluding carboxylic acids is 1. The number of hydrogen-bond acceptors (Lipinski definition) is 3. The van der Waals surface area contributed by atoms with Crippen molar-refractivity contribution in [2.75, 3.05) is 13.1 Å². The molecule has 1 saturated heterocycles. The highest BCUT2D eigenvalue weighted by Gasteiger charge is 2.67. The molecule has 2 fully saturated rings. The molecule has 2 rings (SSSR count).